The lowest BCUT2D eigenvalue weighted by atomic mass is 10.2. The molecule has 1 fully saturated rings. The van der Waals surface area contributed by atoms with E-state index >= 15 is 0 Å². The van der Waals surface area contributed by atoms with Crippen molar-refractivity contribution in [2.75, 3.05) is 12.5 Å². The third-order valence-corrected chi connectivity index (χ3v) is 11.9. The second-order valence-corrected chi connectivity index (χ2v) is 11.0. The molecule has 76 valence electrons. The Bertz CT molecular complexity index is 365. The monoisotopic (exact) mass is 278 g/mol. The molecule has 2 heterocycles. The molecule has 5 heteroatoms. The van der Waals surface area contributed by atoms with Gasteiger partial charge in [0.2, 0.25) is 0 Å². The highest BCUT2D eigenvalue weighted by Gasteiger charge is 2.38. The van der Waals surface area contributed by atoms with Crippen LogP contribution in [0.5, 0.6) is 0 Å². The summed E-state index contributed by atoms with van der Waals surface area (Å²) in [6.07, 6.45) is 7.04. The van der Waals surface area contributed by atoms with Crippen molar-refractivity contribution in [2.24, 2.45) is 0 Å². The minimum Gasteiger partial charge on any atom is -0.122 e. The van der Waals surface area contributed by atoms with Gasteiger partial charge in [0.15, 0.2) is 0 Å². The van der Waals surface area contributed by atoms with E-state index in [1.54, 1.807) is 24.5 Å². The summed E-state index contributed by atoms with van der Waals surface area (Å²) in [5, 5.41) is 0. The van der Waals surface area contributed by atoms with E-state index in [1.807, 2.05) is 23.5 Å². The van der Waals surface area contributed by atoms with Crippen molar-refractivity contribution >= 4 is 58.5 Å². The number of thioether (sulfide) groups is 2. The first-order chi connectivity index (χ1) is 6.85. The molecule has 0 atom stereocenters. The molecule has 0 radical (unpaired) electrons. The molecule has 0 aromatic heterocycles. The van der Waals surface area contributed by atoms with Crippen LogP contribution in [0.25, 0.3) is 0 Å². The Morgan fingerprint density at radius 3 is 1.93 bits per heavy atom. The summed E-state index contributed by atoms with van der Waals surface area (Å²) in [5.74, 6) is 0. The van der Waals surface area contributed by atoms with Gasteiger partial charge in [0.05, 0.1) is 8.47 Å². The van der Waals surface area contributed by atoms with E-state index in [9.17, 15) is 0 Å². The topological polar surface area (TPSA) is 0 Å². The number of rotatable bonds is 2. The van der Waals surface area contributed by atoms with Crippen LogP contribution in [0, 0.1) is 0 Å². The van der Waals surface area contributed by atoms with E-state index in [-0.39, 0.29) is 0 Å². The highest BCUT2D eigenvalue weighted by atomic mass is 33.5. The van der Waals surface area contributed by atoms with E-state index in [2.05, 4.69) is 34.1 Å². The Morgan fingerprint density at radius 1 is 1.00 bits per heavy atom. The Morgan fingerprint density at radius 2 is 1.50 bits per heavy atom. The van der Waals surface area contributed by atoms with Gasteiger partial charge in [-0.2, -0.15) is 0 Å². The average molecular weight is 279 g/mol. The van der Waals surface area contributed by atoms with Crippen LogP contribution in [-0.2, 0) is 0 Å². The van der Waals surface area contributed by atoms with E-state index in [1.165, 1.54) is 12.8 Å². The molecule has 1 saturated carbocycles. The Hall–Kier alpha value is 1.10. The lowest BCUT2D eigenvalue weighted by Crippen LogP contribution is -1.90. The lowest BCUT2D eigenvalue weighted by Gasteiger charge is -2.02. The molecule has 0 nitrogen and oxygen atoms in total. The fourth-order valence-corrected chi connectivity index (χ4v) is 13.5. The maximum Gasteiger partial charge on any atom is 0.0555 e. The van der Waals surface area contributed by atoms with Crippen LogP contribution in [0.2, 0.25) is 0 Å². The predicted molar refractivity (Wildman–Crippen MR) is 78.1 cm³/mol. The third kappa shape index (κ3) is 1.32. The summed E-state index contributed by atoms with van der Waals surface area (Å²) in [6, 6.07) is 0. The van der Waals surface area contributed by atoms with Crippen molar-refractivity contribution in [1.29, 1.82) is 0 Å². The van der Waals surface area contributed by atoms with Crippen molar-refractivity contribution in [2.45, 2.75) is 12.8 Å². The number of hydrogen-bond donors (Lipinski definition) is 0. The van der Waals surface area contributed by atoms with Crippen molar-refractivity contribution < 1.29 is 0 Å². The van der Waals surface area contributed by atoms with Gasteiger partial charge in [-0.05, 0) is 58.1 Å². The minimum absolute atomic E-state index is 0.435. The molecule has 2 aliphatic heterocycles. The van der Waals surface area contributed by atoms with Crippen molar-refractivity contribution in [1.82, 2.24) is 0 Å². The van der Waals surface area contributed by atoms with Gasteiger partial charge in [0.25, 0.3) is 0 Å². The van der Waals surface area contributed by atoms with E-state index in [4.69, 9.17) is 0 Å². The Labute approximate surface area is 103 Å². The van der Waals surface area contributed by atoms with Crippen molar-refractivity contribution in [3.63, 3.8) is 0 Å². The van der Waals surface area contributed by atoms with E-state index in [0.717, 1.165) is 0 Å². The first-order valence-corrected chi connectivity index (χ1v) is 10.7. The Balaban J connectivity index is 2.08. The number of hydrogen-bond acceptors (Lipinski definition) is 4. The third-order valence-electron chi connectivity index (χ3n) is 2.51. The molecular weight excluding hydrogens is 268 g/mol. The van der Waals surface area contributed by atoms with Gasteiger partial charge >= 0.3 is 0 Å². The maximum absolute atomic E-state index is 2.21. The summed E-state index contributed by atoms with van der Waals surface area (Å²) in [5.41, 5.74) is 3.38. The molecule has 14 heavy (non-hydrogen) atoms. The number of allylic oxidation sites excluding steroid dienone is 2. The maximum atomic E-state index is 2.21. The lowest BCUT2D eigenvalue weighted by molar-refractivity contribution is 1.05. The summed E-state index contributed by atoms with van der Waals surface area (Å²) < 4.78 is 3.21. The molecule has 0 aromatic carbocycles. The van der Waals surface area contributed by atoms with E-state index < -0.39 is 0 Å². The highest BCUT2D eigenvalue weighted by Crippen LogP contribution is 2.69. The largest absolute Gasteiger partial charge is 0.122 e. The smallest absolute Gasteiger partial charge is 0.0555 e. The summed E-state index contributed by atoms with van der Waals surface area (Å²) >= 11 is 3.89. The van der Waals surface area contributed by atoms with Crippen molar-refractivity contribution in [3.05, 3.63) is 19.6 Å². The van der Waals surface area contributed by atoms with Gasteiger partial charge in [-0.3, -0.25) is 0 Å². The van der Waals surface area contributed by atoms with Crippen LogP contribution < -0.4 is 0 Å². The van der Waals surface area contributed by atoms with Crippen LogP contribution >= 0.6 is 53.7 Å². The normalized spacial score (nSPS) is 25.7. The summed E-state index contributed by atoms with van der Waals surface area (Å²) in [7, 11) is 4.64. The molecule has 0 saturated heterocycles. The summed E-state index contributed by atoms with van der Waals surface area (Å²) in [6.45, 7) is 0. The zero-order chi connectivity index (χ0) is 9.71. The average Bonchev–Trinajstić information content (AvgIpc) is 2.83. The molecule has 3 rings (SSSR count). The summed E-state index contributed by atoms with van der Waals surface area (Å²) in [4.78, 5) is 1.73. The standard InChI is InChI=1S/C9H10S5/c1-10-8-5-3-4-6-7(5)14(12-8)13-9(6)11-2/h3-4H2,1-2H3. The molecule has 3 aliphatic rings. The zero-order valence-electron chi connectivity index (χ0n) is 7.96. The molecule has 0 bridgehead atoms. The fraction of sp³-hybridized carbons (Fsp3) is 0.444. The highest BCUT2D eigenvalue weighted by molar-refractivity contribution is 9.18. The van der Waals surface area contributed by atoms with Crippen molar-refractivity contribution in [3.8, 4) is 0 Å². The first-order valence-electron chi connectivity index (χ1n) is 4.38. The molecular formula is C9H10S5. The molecule has 0 spiro atoms. The molecule has 0 amide bonds. The zero-order valence-corrected chi connectivity index (χ0v) is 12.0. The SMILES string of the molecule is CSC1=C2CCC3=C(SC)SS(=C23)S1. The van der Waals surface area contributed by atoms with Crippen LogP contribution in [0.4, 0.5) is 0 Å². The van der Waals surface area contributed by atoms with Crippen LogP contribution in [0.15, 0.2) is 19.6 Å². The van der Waals surface area contributed by atoms with Gasteiger partial charge in [-0.15, -0.1) is 23.5 Å². The molecule has 0 aromatic rings. The second-order valence-electron chi connectivity index (χ2n) is 3.17. The minimum atomic E-state index is 0.435. The first kappa shape index (κ1) is 10.3. The molecule has 0 unspecified atom stereocenters. The second kappa shape index (κ2) is 3.84. The molecule has 1 aliphatic carbocycles. The van der Waals surface area contributed by atoms with Gasteiger partial charge in [-0.1, -0.05) is 8.55 Å². The van der Waals surface area contributed by atoms with E-state index in [0.29, 0.717) is 8.55 Å². The van der Waals surface area contributed by atoms with Gasteiger partial charge in [0.1, 0.15) is 0 Å². The fourth-order valence-electron chi connectivity index (χ4n) is 1.90. The quantitative estimate of drug-likeness (QED) is 0.530. The van der Waals surface area contributed by atoms with Crippen LogP contribution in [-0.4, -0.2) is 17.4 Å². The predicted octanol–water partition coefficient (Wildman–Crippen LogP) is 4.69. The van der Waals surface area contributed by atoms with Crippen LogP contribution in [0.1, 0.15) is 12.8 Å². The van der Waals surface area contributed by atoms with Gasteiger partial charge in [-0.25, -0.2) is 0 Å². The van der Waals surface area contributed by atoms with Gasteiger partial charge < -0.3 is 0 Å². The van der Waals surface area contributed by atoms with Gasteiger partial charge in [0, 0.05) is 4.86 Å². The Kier molecular flexibility index (Phi) is 2.82. The van der Waals surface area contributed by atoms with Crippen LogP contribution in [0.3, 0.4) is 0 Å². The molecule has 0 N–H and O–H groups in total.